The van der Waals surface area contributed by atoms with Crippen molar-refractivity contribution in [3.8, 4) is 0 Å². The fourth-order valence-corrected chi connectivity index (χ4v) is 2.23. The number of fused-ring (bicyclic) bond motifs is 1. The Morgan fingerprint density at radius 2 is 2.21 bits per heavy atom. The summed E-state index contributed by atoms with van der Waals surface area (Å²) < 4.78 is 11.1. The van der Waals surface area contributed by atoms with Crippen LogP contribution in [0.5, 0.6) is 0 Å². The van der Waals surface area contributed by atoms with Crippen LogP contribution in [0.2, 0.25) is 0 Å². The lowest BCUT2D eigenvalue weighted by molar-refractivity contribution is -0.0649. The van der Waals surface area contributed by atoms with E-state index in [1.54, 1.807) is 0 Å². The Morgan fingerprint density at radius 1 is 1.36 bits per heavy atom. The van der Waals surface area contributed by atoms with Gasteiger partial charge in [-0.25, -0.2) is 0 Å². The van der Waals surface area contributed by atoms with Crippen molar-refractivity contribution in [3.63, 3.8) is 0 Å². The molecule has 0 aliphatic carbocycles. The molecule has 0 saturated carbocycles. The number of rotatable bonds is 3. The van der Waals surface area contributed by atoms with Crippen LogP contribution in [0.4, 0.5) is 0 Å². The van der Waals surface area contributed by atoms with Crippen LogP contribution in [0.3, 0.4) is 0 Å². The van der Waals surface area contributed by atoms with Crippen LogP contribution in [0.15, 0.2) is 5.18 Å². The quantitative estimate of drug-likeness (QED) is 0.667. The molecule has 0 radical (unpaired) electrons. The summed E-state index contributed by atoms with van der Waals surface area (Å²) in [7, 11) is 0. The molecule has 1 N–H and O–H groups in total. The summed E-state index contributed by atoms with van der Waals surface area (Å²) in [6.07, 6.45) is 1.43. The average Bonchev–Trinajstić information content (AvgIpc) is 2.61. The molecule has 14 heavy (non-hydrogen) atoms. The molecule has 2 aliphatic rings. The highest BCUT2D eigenvalue weighted by Gasteiger charge is 2.42. The third-order valence-electron chi connectivity index (χ3n) is 2.99. The highest BCUT2D eigenvalue weighted by molar-refractivity contribution is 4.91. The smallest absolute Gasteiger partial charge is 0.118 e. The average molecular weight is 201 g/mol. The van der Waals surface area contributed by atoms with Crippen molar-refractivity contribution in [1.29, 1.82) is 0 Å². The van der Waals surface area contributed by atoms with Gasteiger partial charge >= 0.3 is 0 Å². The van der Waals surface area contributed by atoms with Gasteiger partial charge in [0, 0.05) is 18.9 Å². The summed E-state index contributed by atoms with van der Waals surface area (Å²) in [5, 5.41) is 11.8. The SMILES string of the molecule is O=NC1COC2C(CCO)CO[C@@H]2C1. The van der Waals surface area contributed by atoms with Gasteiger partial charge in [-0.2, -0.15) is 4.91 Å². The lowest BCUT2D eigenvalue weighted by atomic mass is 9.93. The van der Waals surface area contributed by atoms with Crippen molar-refractivity contribution in [2.45, 2.75) is 31.1 Å². The molecule has 0 bridgehead atoms. The first kappa shape index (κ1) is 10.0. The monoisotopic (exact) mass is 201 g/mol. The molecule has 2 fully saturated rings. The number of nitroso groups, excluding NO2 is 1. The van der Waals surface area contributed by atoms with E-state index in [4.69, 9.17) is 14.6 Å². The lowest BCUT2D eigenvalue weighted by Crippen LogP contribution is -2.40. The van der Waals surface area contributed by atoms with Crippen molar-refractivity contribution < 1.29 is 14.6 Å². The second kappa shape index (κ2) is 4.33. The normalized spacial score (nSPS) is 42.1. The molecule has 5 nitrogen and oxygen atoms in total. The maximum Gasteiger partial charge on any atom is 0.118 e. The van der Waals surface area contributed by atoms with Crippen LogP contribution in [0.1, 0.15) is 12.8 Å². The van der Waals surface area contributed by atoms with Gasteiger partial charge in [0.2, 0.25) is 0 Å². The number of nitrogens with zero attached hydrogens (tertiary/aromatic N) is 1. The maximum absolute atomic E-state index is 10.3. The van der Waals surface area contributed by atoms with Gasteiger partial charge in [0.25, 0.3) is 0 Å². The van der Waals surface area contributed by atoms with E-state index in [0.29, 0.717) is 26.1 Å². The molecule has 2 heterocycles. The van der Waals surface area contributed by atoms with Crippen LogP contribution < -0.4 is 0 Å². The molecule has 5 heteroatoms. The zero-order chi connectivity index (χ0) is 9.97. The van der Waals surface area contributed by atoms with E-state index in [1.807, 2.05) is 0 Å². The minimum Gasteiger partial charge on any atom is -0.396 e. The van der Waals surface area contributed by atoms with Crippen LogP contribution >= 0.6 is 0 Å². The van der Waals surface area contributed by atoms with Crippen molar-refractivity contribution >= 4 is 0 Å². The van der Waals surface area contributed by atoms with E-state index in [0.717, 1.165) is 0 Å². The Labute approximate surface area is 82.4 Å². The number of aliphatic hydroxyl groups excluding tert-OH is 1. The molecule has 2 rings (SSSR count). The Morgan fingerprint density at radius 3 is 2.93 bits per heavy atom. The molecule has 4 atom stereocenters. The molecular formula is C9H15NO4. The van der Waals surface area contributed by atoms with Gasteiger partial charge in [0.05, 0.1) is 25.4 Å². The van der Waals surface area contributed by atoms with Crippen LogP contribution in [-0.2, 0) is 9.47 Å². The highest BCUT2D eigenvalue weighted by Crippen LogP contribution is 2.32. The van der Waals surface area contributed by atoms with E-state index in [9.17, 15) is 4.91 Å². The van der Waals surface area contributed by atoms with Crippen LogP contribution in [0, 0.1) is 10.8 Å². The number of aliphatic hydroxyl groups is 1. The van der Waals surface area contributed by atoms with E-state index in [2.05, 4.69) is 5.18 Å². The molecular weight excluding hydrogens is 186 g/mol. The number of hydrogen-bond acceptors (Lipinski definition) is 5. The molecule has 80 valence electrons. The number of ether oxygens (including phenoxy) is 2. The predicted octanol–water partition coefficient (Wildman–Crippen LogP) is 0.308. The summed E-state index contributed by atoms with van der Waals surface area (Å²) >= 11 is 0. The Bertz CT molecular complexity index is 211. The van der Waals surface area contributed by atoms with Gasteiger partial charge < -0.3 is 14.6 Å². The second-order valence-electron chi connectivity index (χ2n) is 3.94. The molecule has 0 aromatic heterocycles. The summed E-state index contributed by atoms with van der Waals surface area (Å²) in [6.45, 7) is 1.19. The predicted molar refractivity (Wildman–Crippen MR) is 48.9 cm³/mol. The Kier molecular flexibility index (Phi) is 3.10. The zero-order valence-corrected chi connectivity index (χ0v) is 7.96. The standard InChI is InChI=1S/C9H15NO4/c11-2-1-6-4-13-8-3-7(10-12)5-14-9(6)8/h6-9,11H,1-5H2/t6?,7?,8-,9?/m1/s1. The summed E-state index contributed by atoms with van der Waals surface area (Å²) in [5.74, 6) is 0.276. The zero-order valence-electron chi connectivity index (χ0n) is 7.96. The van der Waals surface area contributed by atoms with E-state index < -0.39 is 0 Å². The van der Waals surface area contributed by atoms with E-state index in [1.165, 1.54) is 0 Å². The van der Waals surface area contributed by atoms with Gasteiger partial charge in [-0.1, -0.05) is 5.18 Å². The third-order valence-corrected chi connectivity index (χ3v) is 2.99. The van der Waals surface area contributed by atoms with Crippen molar-refractivity contribution in [2.24, 2.45) is 11.1 Å². The van der Waals surface area contributed by atoms with Gasteiger partial charge in [-0.05, 0) is 6.42 Å². The van der Waals surface area contributed by atoms with E-state index in [-0.39, 0.29) is 30.8 Å². The topological polar surface area (TPSA) is 68.1 Å². The lowest BCUT2D eigenvalue weighted by Gasteiger charge is -2.29. The van der Waals surface area contributed by atoms with Crippen LogP contribution in [0.25, 0.3) is 0 Å². The van der Waals surface area contributed by atoms with Gasteiger partial charge in [0.1, 0.15) is 6.04 Å². The van der Waals surface area contributed by atoms with Gasteiger partial charge in [-0.15, -0.1) is 0 Å². The van der Waals surface area contributed by atoms with E-state index >= 15 is 0 Å². The molecule has 2 aliphatic heterocycles. The fraction of sp³-hybridized carbons (Fsp3) is 1.00. The molecule has 2 saturated heterocycles. The largest absolute Gasteiger partial charge is 0.396 e. The molecule has 0 aromatic rings. The number of hydrogen-bond donors (Lipinski definition) is 1. The first-order valence-corrected chi connectivity index (χ1v) is 5.01. The Balaban J connectivity index is 1.92. The molecule has 0 amide bonds. The maximum atomic E-state index is 10.3. The Hall–Kier alpha value is -0.520. The second-order valence-corrected chi connectivity index (χ2v) is 3.94. The summed E-state index contributed by atoms with van der Waals surface area (Å²) in [4.78, 5) is 10.3. The molecule has 3 unspecified atom stereocenters. The van der Waals surface area contributed by atoms with Crippen molar-refractivity contribution in [2.75, 3.05) is 19.8 Å². The van der Waals surface area contributed by atoms with Crippen molar-refractivity contribution in [1.82, 2.24) is 0 Å². The summed E-state index contributed by atoms with van der Waals surface area (Å²) in [5.41, 5.74) is 0. The molecule has 0 spiro atoms. The van der Waals surface area contributed by atoms with Gasteiger partial charge in [0.15, 0.2) is 0 Å². The first-order chi connectivity index (χ1) is 6.85. The summed E-state index contributed by atoms with van der Waals surface area (Å²) in [6, 6.07) is -0.260. The minimum absolute atomic E-state index is 0.00278. The minimum atomic E-state index is -0.260. The van der Waals surface area contributed by atoms with Gasteiger partial charge in [-0.3, -0.25) is 0 Å². The first-order valence-electron chi connectivity index (χ1n) is 5.01. The fourth-order valence-electron chi connectivity index (χ4n) is 2.23. The van der Waals surface area contributed by atoms with Crippen molar-refractivity contribution in [3.05, 3.63) is 4.91 Å². The van der Waals surface area contributed by atoms with Crippen LogP contribution in [-0.4, -0.2) is 43.2 Å². The molecule has 0 aromatic carbocycles. The highest BCUT2D eigenvalue weighted by atomic mass is 16.6. The third kappa shape index (κ3) is 1.80.